The van der Waals surface area contributed by atoms with E-state index in [1.54, 1.807) is 14.2 Å². The molecule has 0 aromatic heterocycles. The van der Waals surface area contributed by atoms with E-state index in [4.69, 9.17) is 14.2 Å². The summed E-state index contributed by atoms with van der Waals surface area (Å²) in [6.07, 6.45) is -0.491. The van der Waals surface area contributed by atoms with E-state index in [2.05, 4.69) is 86.6 Å². The third-order valence-corrected chi connectivity index (χ3v) is 5.87. The Hall–Kier alpha value is -3.56. The van der Waals surface area contributed by atoms with E-state index in [9.17, 15) is 0 Å². The Labute approximate surface area is 196 Å². The van der Waals surface area contributed by atoms with Crippen LogP contribution >= 0.6 is 0 Å². The molecule has 2 unspecified atom stereocenters. The minimum atomic E-state index is -0.245. The third-order valence-electron chi connectivity index (χ3n) is 5.87. The average molecular weight is 439 g/mol. The summed E-state index contributed by atoms with van der Waals surface area (Å²) in [5, 5.41) is 0. The Morgan fingerprint density at radius 1 is 0.424 bits per heavy atom. The maximum atomic E-state index is 6.94. The lowest BCUT2D eigenvalue weighted by Gasteiger charge is -2.27. The van der Waals surface area contributed by atoms with Crippen LogP contribution in [0.5, 0.6) is 11.5 Å². The predicted molar refractivity (Wildman–Crippen MR) is 133 cm³/mol. The van der Waals surface area contributed by atoms with Gasteiger partial charge < -0.3 is 14.2 Å². The zero-order valence-corrected chi connectivity index (χ0v) is 19.6. The van der Waals surface area contributed by atoms with Crippen LogP contribution in [0.4, 0.5) is 0 Å². The summed E-state index contributed by atoms with van der Waals surface area (Å²) in [5.41, 5.74) is 6.80. The van der Waals surface area contributed by atoms with Gasteiger partial charge in [-0.1, -0.05) is 83.9 Å². The summed E-state index contributed by atoms with van der Waals surface area (Å²) in [6, 6.07) is 33.3. The van der Waals surface area contributed by atoms with Gasteiger partial charge in [-0.15, -0.1) is 0 Å². The van der Waals surface area contributed by atoms with Gasteiger partial charge in [0.2, 0.25) is 0 Å². The van der Waals surface area contributed by atoms with Crippen molar-refractivity contribution in [1.82, 2.24) is 0 Å². The number of hydrogen-bond acceptors (Lipinski definition) is 3. The molecule has 4 rings (SSSR count). The smallest absolute Gasteiger partial charge is 0.118 e. The molecule has 0 spiro atoms. The second-order valence-electron chi connectivity index (χ2n) is 8.26. The van der Waals surface area contributed by atoms with E-state index in [0.717, 1.165) is 33.8 Å². The van der Waals surface area contributed by atoms with E-state index in [1.807, 2.05) is 24.3 Å². The van der Waals surface area contributed by atoms with Crippen LogP contribution in [0.1, 0.15) is 45.6 Å². The van der Waals surface area contributed by atoms with E-state index in [-0.39, 0.29) is 12.2 Å². The van der Waals surface area contributed by atoms with E-state index < -0.39 is 0 Å². The first-order valence-electron chi connectivity index (χ1n) is 11.1. The topological polar surface area (TPSA) is 27.7 Å². The molecule has 33 heavy (non-hydrogen) atoms. The Balaban J connectivity index is 1.78. The van der Waals surface area contributed by atoms with Gasteiger partial charge in [0.15, 0.2) is 0 Å². The molecular weight excluding hydrogens is 408 g/mol. The zero-order valence-electron chi connectivity index (χ0n) is 19.6. The van der Waals surface area contributed by atoms with Crippen LogP contribution in [0.25, 0.3) is 0 Å². The van der Waals surface area contributed by atoms with Crippen molar-refractivity contribution in [3.63, 3.8) is 0 Å². The van der Waals surface area contributed by atoms with Crippen LogP contribution in [0.3, 0.4) is 0 Å². The fourth-order valence-electron chi connectivity index (χ4n) is 3.88. The summed E-state index contributed by atoms with van der Waals surface area (Å²) < 4.78 is 17.7. The Bertz CT molecular complexity index is 1050. The third kappa shape index (κ3) is 5.44. The van der Waals surface area contributed by atoms with Gasteiger partial charge in [0.25, 0.3) is 0 Å². The van der Waals surface area contributed by atoms with Crippen molar-refractivity contribution in [1.29, 1.82) is 0 Å². The highest BCUT2D eigenvalue weighted by atomic mass is 16.5. The average Bonchev–Trinajstić information content (AvgIpc) is 2.86. The molecule has 0 radical (unpaired) electrons. The van der Waals surface area contributed by atoms with Crippen molar-refractivity contribution < 1.29 is 14.2 Å². The lowest BCUT2D eigenvalue weighted by atomic mass is 9.97. The number of ether oxygens (including phenoxy) is 3. The van der Waals surface area contributed by atoms with E-state index in [1.165, 1.54) is 11.1 Å². The SMILES string of the molecule is COc1ccc(C(OC(c2ccc(C)cc2)c2ccc(OC)cc2)c2ccc(C)cc2)cc1. The molecule has 4 aromatic rings. The van der Waals surface area contributed by atoms with Crippen molar-refractivity contribution in [3.05, 3.63) is 130 Å². The first-order chi connectivity index (χ1) is 16.1. The number of aryl methyl sites for hydroxylation is 2. The molecule has 0 saturated heterocycles. The Kier molecular flexibility index (Phi) is 7.11. The summed E-state index contributed by atoms with van der Waals surface area (Å²) in [7, 11) is 3.36. The number of hydrogen-bond donors (Lipinski definition) is 0. The maximum Gasteiger partial charge on any atom is 0.118 e. The molecule has 168 valence electrons. The van der Waals surface area contributed by atoms with Gasteiger partial charge in [-0.25, -0.2) is 0 Å². The molecule has 0 aliphatic rings. The predicted octanol–water partition coefficient (Wildman–Crippen LogP) is 7.22. The van der Waals surface area contributed by atoms with Gasteiger partial charge in [0.05, 0.1) is 14.2 Å². The molecule has 0 aliphatic carbocycles. The quantitative estimate of drug-likeness (QED) is 0.291. The maximum absolute atomic E-state index is 6.94. The van der Waals surface area contributed by atoms with Crippen molar-refractivity contribution in [2.75, 3.05) is 14.2 Å². The minimum absolute atomic E-state index is 0.245. The fraction of sp³-hybridized carbons (Fsp3) is 0.200. The lowest BCUT2D eigenvalue weighted by molar-refractivity contribution is 0.0308. The van der Waals surface area contributed by atoms with Crippen molar-refractivity contribution in [2.45, 2.75) is 26.1 Å². The molecule has 4 aromatic carbocycles. The van der Waals surface area contributed by atoms with Crippen LogP contribution in [0, 0.1) is 13.8 Å². The highest BCUT2D eigenvalue weighted by molar-refractivity contribution is 5.38. The van der Waals surface area contributed by atoms with Gasteiger partial charge in [-0.2, -0.15) is 0 Å². The van der Waals surface area contributed by atoms with Gasteiger partial charge in [-0.05, 0) is 60.4 Å². The molecule has 0 fully saturated rings. The molecular formula is C30H30O3. The minimum Gasteiger partial charge on any atom is -0.497 e. The fourth-order valence-corrected chi connectivity index (χ4v) is 3.88. The van der Waals surface area contributed by atoms with Gasteiger partial charge in [0.1, 0.15) is 23.7 Å². The largest absolute Gasteiger partial charge is 0.497 e. The molecule has 3 heteroatoms. The Morgan fingerprint density at radius 3 is 0.970 bits per heavy atom. The summed E-state index contributed by atoms with van der Waals surface area (Å²) >= 11 is 0. The van der Waals surface area contributed by atoms with Gasteiger partial charge in [-0.3, -0.25) is 0 Å². The van der Waals surface area contributed by atoms with Crippen LogP contribution in [0.2, 0.25) is 0 Å². The molecule has 0 saturated carbocycles. The van der Waals surface area contributed by atoms with Gasteiger partial charge >= 0.3 is 0 Å². The number of rotatable bonds is 8. The second kappa shape index (κ2) is 10.4. The zero-order chi connectivity index (χ0) is 23.2. The lowest BCUT2D eigenvalue weighted by Crippen LogP contribution is -2.13. The summed E-state index contributed by atoms with van der Waals surface area (Å²) in [4.78, 5) is 0. The van der Waals surface area contributed by atoms with Gasteiger partial charge in [0, 0.05) is 0 Å². The molecule has 0 bridgehead atoms. The van der Waals surface area contributed by atoms with Crippen LogP contribution in [0.15, 0.2) is 97.1 Å². The molecule has 2 atom stereocenters. The van der Waals surface area contributed by atoms with Crippen molar-refractivity contribution >= 4 is 0 Å². The van der Waals surface area contributed by atoms with Crippen LogP contribution in [-0.2, 0) is 4.74 Å². The summed E-state index contributed by atoms with van der Waals surface area (Å²) in [5.74, 6) is 1.65. The summed E-state index contributed by atoms with van der Waals surface area (Å²) in [6.45, 7) is 4.19. The molecule has 0 amide bonds. The first-order valence-corrected chi connectivity index (χ1v) is 11.1. The van der Waals surface area contributed by atoms with E-state index in [0.29, 0.717) is 0 Å². The van der Waals surface area contributed by atoms with Crippen LogP contribution in [-0.4, -0.2) is 14.2 Å². The molecule has 0 N–H and O–H groups in total. The monoisotopic (exact) mass is 438 g/mol. The number of benzene rings is 4. The highest BCUT2D eigenvalue weighted by Gasteiger charge is 2.23. The number of methoxy groups -OCH3 is 2. The van der Waals surface area contributed by atoms with Crippen molar-refractivity contribution in [3.8, 4) is 11.5 Å². The molecule has 0 heterocycles. The van der Waals surface area contributed by atoms with E-state index >= 15 is 0 Å². The van der Waals surface area contributed by atoms with Crippen LogP contribution < -0.4 is 9.47 Å². The Morgan fingerprint density at radius 2 is 0.697 bits per heavy atom. The van der Waals surface area contributed by atoms with Crippen molar-refractivity contribution in [2.24, 2.45) is 0 Å². The second-order valence-corrected chi connectivity index (χ2v) is 8.26. The highest BCUT2D eigenvalue weighted by Crippen LogP contribution is 2.37. The first kappa shape index (κ1) is 22.6. The molecule has 3 nitrogen and oxygen atoms in total. The standard InChI is InChI=1S/C30H30O3/c1-21-5-9-23(10-6-21)29(25-13-17-27(31-3)18-14-25)33-30(24-11-7-22(2)8-12-24)26-15-19-28(32-4)20-16-26/h5-20,29-30H,1-4H3. The molecule has 0 aliphatic heterocycles. The normalized spacial score (nSPS) is 12.7.